The molecule has 1 fully saturated rings. The van der Waals surface area contributed by atoms with E-state index in [0.717, 1.165) is 49.2 Å². The van der Waals surface area contributed by atoms with Crippen molar-refractivity contribution < 1.29 is 23.8 Å². The van der Waals surface area contributed by atoms with Crippen molar-refractivity contribution in [3.8, 4) is 0 Å². The lowest BCUT2D eigenvalue weighted by Gasteiger charge is -2.38. The summed E-state index contributed by atoms with van der Waals surface area (Å²) in [6, 6.07) is 6.16. The number of aliphatic imine (C=N–C) groups is 1. The summed E-state index contributed by atoms with van der Waals surface area (Å²) in [5.74, 6) is 0.555. The highest BCUT2D eigenvalue weighted by Crippen LogP contribution is 2.43. The average molecular weight is 635 g/mol. The van der Waals surface area contributed by atoms with Gasteiger partial charge in [0.25, 0.3) is 6.47 Å². The summed E-state index contributed by atoms with van der Waals surface area (Å²) in [6.45, 7) is 24.0. The summed E-state index contributed by atoms with van der Waals surface area (Å²) < 4.78 is 14.5. The van der Waals surface area contributed by atoms with E-state index in [1.54, 1.807) is 7.11 Å². The third-order valence-electron chi connectivity index (χ3n) is 7.61. The number of rotatable bonds is 7. The number of ether oxygens (including phenoxy) is 3. The smallest absolute Gasteiger partial charge is 0.410 e. The van der Waals surface area contributed by atoms with E-state index in [1.807, 2.05) is 57.7 Å². The molecule has 8 heteroatoms. The predicted molar refractivity (Wildman–Crippen MR) is 185 cm³/mol. The van der Waals surface area contributed by atoms with Crippen molar-refractivity contribution in [2.24, 2.45) is 10.9 Å². The number of likely N-dealkylation sites (tertiary alicyclic amines) is 1. The first-order chi connectivity index (χ1) is 20.7. The van der Waals surface area contributed by atoms with Gasteiger partial charge in [-0.1, -0.05) is 51.1 Å². The minimum Gasteiger partial charge on any atom is -0.471 e. The molecule has 0 saturated carbocycles. The highest BCUT2D eigenvalue weighted by molar-refractivity contribution is 6.30. The van der Waals surface area contributed by atoms with Crippen LogP contribution in [-0.4, -0.2) is 62.2 Å². The Morgan fingerprint density at radius 1 is 1.16 bits per heavy atom. The van der Waals surface area contributed by atoms with E-state index in [0.29, 0.717) is 25.5 Å². The van der Waals surface area contributed by atoms with E-state index in [9.17, 15) is 4.79 Å². The molecule has 1 saturated heterocycles. The number of carbonyl (C=O) groups is 2. The minimum absolute atomic E-state index is 0.0833. The Balaban J connectivity index is 0.00000120. The van der Waals surface area contributed by atoms with Gasteiger partial charge in [0.05, 0.1) is 18.4 Å². The molecule has 7 nitrogen and oxygen atoms in total. The lowest BCUT2D eigenvalue weighted by atomic mass is 9.75. The Bertz CT molecular complexity index is 1060. The standard InChI is InChI=1S/C26H35ClN2O2.C6H14O.C2H4O2.C2H6/c1-6-19-9-7-8-14-28-24(19)23(22-11-10-21(27)17-18(22)2)20-12-15-29(16-13-20)25(30)31-26(3,4)5;1-5-6(2,3)7-4;1-4-2-3;1-2/h6,10-11,14,17,20,23H,1,7-9,12-13,15-16H2,2-5H3;5H2,1-4H3;2H,1H3;1-2H3. The molecule has 0 radical (unpaired) electrons. The molecule has 0 spiro atoms. The van der Waals surface area contributed by atoms with Gasteiger partial charge in [-0.05, 0) is 115 Å². The van der Waals surface area contributed by atoms with Gasteiger partial charge in [-0.2, -0.15) is 0 Å². The second-order valence-electron chi connectivity index (χ2n) is 12.3. The fourth-order valence-electron chi connectivity index (χ4n) is 4.74. The van der Waals surface area contributed by atoms with Crippen molar-refractivity contribution in [3.63, 3.8) is 0 Å². The van der Waals surface area contributed by atoms with Crippen molar-refractivity contribution >= 4 is 30.4 Å². The number of allylic oxidation sites excluding steroid dienone is 3. The van der Waals surface area contributed by atoms with Crippen molar-refractivity contribution in [3.05, 3.63) is 58.3 Å². The fraction of sp³-hybridized carbons (Fsp3) is 0.639. The van der Waals surface area contributed by atoms with Crippen LogP contribution in [-0.2, 0) is 19.0 Å². The van der Waals surface area contributed by atoms with Crippen LogP contribution in [0.3, 0.4) is 0 Å². The molecule has 250 valence electrons. The SMILES string of the molecule is C=CC1=C(C(c2ccc(Cl)cc2C)C2CCN(C(=O)OC(C)(C)C)CC2)N=CCCC1.CC.CCC(C)(C)OC.COC=O. The highest BCUT2D eigenvalue weighted by Gasteiger charge is 2.34. The number of piperidine rings is 1. The number of methoxy groups -OCH3 is 2. The van der Waals surface area contributed by atoms with E-state index >= 15 is 0 Å². The number of benzene rings is 1. The molecule has 0 N–H and O–H groups in total. The monoisotopic (exact) mass is 634 g/mol. The molecule has 2 heterocycles. The van der Waals surface area contributed by atoms with E-state index in [1.165, 1.54) is 23.8 Å². The molecule has 2 aliphatic rings. The molecule has 44 heavy (non-hydrogen) atoms. The van der Waals surface area contributed by atoms with Gasteiger partial charge in [0, 0.05) is 37.4 Å². The number of carbonyl (C=O) groups excluding carboxylic acids is 2. The zero-order chi connectivity index (χ0) is 33.9. The number of hydrogen-bond donors (Lipinski definition) is 0. The first-order valence-corrected chi connectivity index (χ1v) is 16.2. The maximum absolute atomic E-state index is 12.5. The fourth-order valence-corrected chi connectivity index (χ4v) is 4.97. The van der Waals surface area contributed by atoms with E-state index in [4.69, 9.17) is 30.9 Å². The highest BCUT2D eigenvalue weighted by atomic mass is 35.5. The molecule has 0 aliphatic carbocycles. The summed E-state index contributed by atoms with van der Waals surface area (Å²) in [7, 11) is 3.05. The van der Waals surface area contributed by atoms with Crippen molar-refractivity contribution in [2.45, 2.75) is 118 Å². The van der Waals surface area contributed by atoms with Gasteiger partial charge in [-0.3, -0.25) is 9.79 Å². The van der Waals surface area contributed by atoms with Crippen LogP contribution in [0.1, 0.15) is 111 Å². The van der Waals surface area contributed by atoms with E-state index in [2.05, 4.69) is 51.3 Å². The van der Waals surface area contributed by atoms with Crippen LogP contribution in [0.15, 0.2) is 47.1 Å². The molecule has 2 aliphatic heterocycles. The second-order valence-corrected chi connectivity index (χ2v) is 12.7. The third kappa shape index (κ3) is 14.9. The molecule has 1 unspecified atom stereocenters. The van der Waals surface area contributed by atoms with E-state index < -0.39 is 5.60 Å². The normalized spacial score (nSPS) is 16.0. The Hall–Kier alpha value is -2.64. The molecule has 1 aromatic carbocycles. The molecular weight excluding hydrogens is 576 g/mol. The minimum atomic E-state index is -0.477. The molecule has 0 bridgehead atoms. The van der Waals surface area contributed by atoms with Crippen LogP contribution in [0.25, 0.3) is 0 Å². The molecule has 1 aromatic rings. The Morgan fingerprint density at radius 2 is 1.75 bits per heavy atom. The van der Waals surface area contributed by atoms with Crippen LogP contribution in [0.5, 0.6) is 0 Å². The maximum atomic E-state index is 12.5. The summed E-state index contributed by atoms with van der Waals surface area (Å²) in [6.07, 6.45) is 9.80. The Morgan fingerprint density at radius 3 is 2.18 bits per heavy atom. The van der Waals surface area contributed by atoms with Gasteiger partial charge in [-0.25, -0.2) is 4.79 Å². The van der Waals surface area contributed by atoms with Gasteiger partial charge in [0.15, 0.2) is 0 Å². The molecule has 0 aromatic heterocycles. The van der Waals surface area contributed by atoms with E-state index in [-0.39, 0.29) is 17.6 Å². The second kappa shape index (κ2) is 21.2. The largest absolute Gasteiger partial charge is 0.471 e. The van der Waals surface area contributed by atoms with Crippen molar-refractivity contribution in [1.82, 2.24) is 4.90 Å². The maximum Gasteiger partial charge on any atom is 0.410 e. The number of halogens is 1. The van der Waals surface area contributed by atoms with Crippen LogP contribution in [0.4, 0.5) is 4.79 Å². The molecule has 1 atom stereocenters. The first kappa shape index (κ1) is 41.4. The van der Waals surface area contributed by atoms with Crippen molar-refractivity contribution in [2.75, 3.05) is 27.3 Å². The predicted octanol–water partition coefficient (Wildman–Crippen LogP) is 9.71. The summed E-state index contributed by atoms with van der Waals surface area (Å²) >= 11 is 6.27. The van der Waals surface area contributed by atoms with Gasteiger partial charge < -0.3 is 19.1 Å². The molecular formula is C36H59ClN2O5. The molecule has 1 amide bonds. The number of nitrogens with zero attached hydrogens (tertiary/aromatic N) is 2. The van der Waals surface area contributed by atoms with Gasteiger partial charge in [0.2, 0.25) is 0 Å². The van der Waals surface area contributed by atoms with Gasteiger partial charge >= 0.3 is 6.09 Å². The lowest BCUT2D eigenvalue weighted by Crippen LogP contribution is -2.42. The quantitative estimate of drug-likeness (QED) is 0.279. The Labute approximate surface area is 273 Å². The zero-order valence-electron chi connectivity index (χ0n) is 29.3. The van der Waals surface area contributed by atoms with Gasteiger partial charge in [0.1, 0.15) is 5.60 Å². The average Bonchev–Trinajstić information content (AvgIpc) is 3.25. The number of amides is 1. The zero-order valence-corrected chi connectivity index (χ0v) is 30.1. The van der Waals surface area contributed by atoms with Crippen molar-refractivity contribution in [1.29, 1.82) is 0 Å². The van der Waals surface area contributed by atoms with Crippen LogP contribution in [0, 0.1) is 12.8 Å². The summed E-state index contributed by atoms with van der Waals surface area (Å²) in [5, 5.41) is 0.752. The Kier molecular flexibility index (Phi) is 19.9. The third-order valence-corrected chi connectivity index (χ3v) is 7.84. The number of hydrogen-bond acceptors (Lipinski definition) is 6. The summed E-state index contributed by atoms with van der Waals surface area (Å²) in [4.78, 5) is 28.3. The lowest BCUT2D eigenvalue weighted by molar-refractivity contribution is -0.126. The first-order valence-electron chi connectivity index (χ1n) is 15.9. The van der Waals surface area contributed by atoms with Crippen LogP contribution in [0.2, 0.25) is 5.02 Å². The summed E-state index contributed by atoms with van der Waals surface area (Å²) in [5.41, 5.74) is 4.43. The van der Waals surface area contributed by atoms with Gasteiger partial charge in [-0.15, -0.1) is 0 Å². The van der Waals surface area contributed by atoms with Crippen LogP contribution >= 0.6 is 11.6 Å². The molecule has 3 rings (SSSR count). The number of aryl methyl sites for hydroxylation is 1. The van der Waals surface area contributed by atoms with Crippen LogP contribution < -0.4 is 0 Å². The topological polar surface area (TPSA) is 77.4 Å².